The van der Waals surface area contributed by atoms with Gasteiger partial charge >= 0.3 is 6.03 Å². The van der Waals surface area contributed by atoms with E-state index in [2.05, 4.69) is 25.5 Å². The summed E-state index contributed by atoms with van der Waals surface area (Å²) in [5.74, 6) is 1.11. The van der Waals surface area contributed by atoms with Crippen molar-refractivity contribution in [2.45, 2.75) is 13.8 Å². The Morgan fingerprint density at radius 1 is 1.35 bits per heavy atom. The third-order valence-electron chi connectivity index (χ3n) is 2.32. The molecule has 0 fully saturated rings. The van der Waals surface area contributed by atoms with Crippen LogP contribution in [0.25, 0.3) is 11.3 Å². The summed E-state index contributed by atoms with van der Waals surface area (Å²) in [7, 11) is 0. The fourth-order valence-electron chi connectivity index (χ4n) is 1.44. The minimum atomic E-state index is -0.647. The zero-order chi connectivity index (χ0) is 12.4. The van der Waals surface area contributed by atoms with Crippen LogP contribution >= 0.6 is 0 Å². The minimum Gasteiger partial charge on any atom is -0.351 e. The topological polar surface area (TPSA) is 110 Å². The molecular weight excluding hydrogens is 220 g/mol. The Balaban J connectivity index is 2.37. The van der Waals surface area contributed by atoms with Crippen LogP contribution in [0.1, 0.15) is 11.4 Å². The summed E-state index contributed by atoms with van der Waals surface area (Å²) in [6.07, 6.45) is 3.38. The number of aromatic nitrogens is 4. The first-order chi connectivity index (χ1) is 8.08. The van der Waals surface area contributed by atoms with Gasteiger partial charge in [-0.3, -0.25) is 10.4 Å². The van der Waals surface area contributed by atoms with Crippen LogP contribution in [-0.4, -0.2) is 26.2 Å². The van der Waals surface area contributed by atoms with Gasteiger partial charge in [0.05, 0.1) is 5.69 Å². The Kier molecular flexibility index (Phi) is 2.73. The number of nitrogens with one attached hydrogen (secondary N) is 2. The molecule has 0 aliphatic rings. The number of hydrogen-bond donors (Lipinski definition) is 3. The Labute approximate surface area is 97.5 Å². The maximum atomic E-state index is 10.7. The van der Waals surface area contributed by atoms with Crippen molar-refractivity contribution < 1.29 is 4.79 Å². The first kappa shape index (κ1) is 11.1. The molecule has 2 heterocycles. The van der Waals surface area contributed by atoms with Crippen molar-refractivity contribution in [2.24, 2.45) is 5.73 Å². The number of aryl methyl sites for hydroxylation is 1. The molecule has 0 aliphatic heterocycles. The highest BCUT2D eigenvalue weighted by Crippen LogP contribution is 2.24. The quantitative estimate of drug-likeness (QED) is 0.716. The number of hydrogen-bond acceptors (Lipinski definition) is 4. The summed E-state index contributed by atoms with van der Waals surface area (Å²) in [5.41, 5.74) is 7.38. The van der Waals surface area contributed by atoms with Gasteiger partial charge in [-0.15, -0.1) is 0 Å². The lowest BCUT2D eigenvalue weighted by Gasteiger charge is -2.00. The Morgan fingerprint density at radius 3 is 2.59 bits per heavy atom. The third-order valence-corrected chi connectivity index (χ3v) is 2.32. The Morgan fingerprint density at radius 2 is 2.00 bits per heavy atom. The molecule has 0 unspecified atom stereocenters. The number of urea groups is 1. The van der Waals surface area contributed by atoms with E-state index in [1.54, 1.807) is 12.4 Å². The number of primary amides is 1. The van der Waals surface area contributed by atoms with Crippen molar-refractivity contribution in [3.63, 3.8) is 0 Å². The van der Waals surface area contributed by atoms with Crippen LogP contribution in [0.4, 0.5) is 10.6 Å². The van der Waals surface area contributed by atoms with Crippen molar-refractivity contribution in [1.82, 2.24) is 20.2 Å². The smallest absolute Gasteiger partial charge is 0.317 e. The second-order valence-electron chi connectivity index (χ2n) is 3.58. The van der Waals surface area contributed by atoms with E-state index in [1.165, 1.54) is 0 Å². The molecule has 0 spiro atoms. The highest BCUT2D eigenvalue weighted by atomic mass is 16.2. The van der Waals surface area contributed by atoms with Gasteiger partial charge in [0.1, 0.15) is 5.82 Å². The average molecular weight is 232 g/mol. The molecule has 0 atom stereocenters. The standard InChI is InChI=1S/C10H12N6O/c1-5-8(7-3-12-6(2)13-4-7)15-16-9(5)14-10(11)17/h3-4H,1-2H3,(H4,11,14,15,16,17). The van der Waals surface area contributed by atoms with Crippen LogP contribution in [0.3, 0.4) is 0 Å². The van der Waals surface area contributed by atoms with Crippen LogP contribution < -0.4 is 11.1 Å². The molecule has 2 amide bonds. The van der Waals surface area contributed by atoms with Gasteiger partial charge in [-0.2, -0.15) is 5.10 Å². The van der Waals surface area contributed by atoms with Gasteiger partial charge in [0.15, 0.2) is 5.82 Å². The SMILES string of the molecule is Cc1ncc(-c2[nH]nc(NC(N)=O)c2C)cn1. The van der Waals surface area contributed by atoms with E-state index in [-0.39, 0.29) is 0 Å². The number of aromatic amines is 1. The van der Waals surface area contributed by atoms with Crippen LogP contribution in [0.2, 0.25) is 0 Å². The molecule has 0 aliphatic carbocycles. The second-order valence-corrected chi connectivity index (χ2v) is 3.58. The Bertz CT molecular complexity index is 544. The van der Waals surface area contributed by atoms with E-state index in [1.807, 2.05) is 13.8 Å². The lowest BCUT2D eigenvalue weighted by atomic mass is 10.1. The molecule has 4 N–H and O–H groups in total. The molecule has 7 nitrogen and oxygen atoms in total. The lowest BCUT2D eigenvalue weighted by Crippen LogP contribution is -2.19. The van der Waals surface area contributed by atoms with E-state index in [9.17, 15) is 4.79 Å². The largest absolute Gasteiger partial charge is 0.351 e. The molecule has 0 aromatic carbocycles. The third kappa shape index (κ3) is 2.22. The predicted octanol–water partition coefficient (Wildman–Crippen LogP) is 0.974. The van der Waals surface area contributed by atoms with E-state index < -0.39 is 6.03 Å². The maximum Gasteiger partial charge on any atom is 0.317 e. The number of carbonyl (C=O) groups is 1. The van der Waals surface area contributed by atoms with Crippen LogP contribution in [0, 0.1) is 13.8 Å². The lowest BCUT2D eigenvalue weighted by molar-refractivity contribution is 0.259. The van der Waals surface area contributed by atoms with Crippen molar-refractivity contribution in [3.8, 4) is 11.3 Å². The normalized spacial score (nSPS) is 10.2. The van der Waals surface area contributed by atoms with Gasteiger partial charge in [-0.1, -0.05) is 0 Å². The summed E-state index contributed by atoms with van der Waals surface area (Å²) >= 11 is 0. The highest BCUT2D eigenvalue weighted by Gasteiger charge is 2.12. The molecule has 17 heavy (non-hydrogen) atoms. The molecule has 88 valence electrons. The molecule has 0 saturated carbocycles. The van der Waals surface area contributed by atoms with E-state index in [4.69, 9.17) is 5.73 Å². The molecule has 2 rings (SSSR count). The fourth-order valence-corrected chi connectivity index (χ4v) is 1.44. The zero-order valence-electron chi connectivity index (χ0n) is 9.48. The van der Waals surface area contributed by atoms with Crippen LogP contribution in [-0.2, 0) is 0 Å². The second kappa shape index (κ2) is 4.20. The molecule has 2 aromatic rings. The molecule has 0 radical (unpaired) electrons. The maximum absolute atomic E-state index is 10.7. The van der Waals surface area contributed by atoms with Crippen molar-refractivity contribution in [1.29, 1.82) is 0 Å². The summed E-state index contributed by atoms with van der Waals surface area (Å²) in [6, 6.07) is -0.647. The molecular formula is C10H12N6O. The van der Waals surface area contributed by atoms with Crippen molar-refractivity contribution >= 4 is 11.8 Å². The number of amides is 2. The van der Waals surface area contributed by atoms with Crippen LogP contribution in [0.15, 0.2) is 12.4 Å². The van der Waals surface area contributed by atoms with Gasteiger partial charge in [-0.25, -0.2) is 14.8 Å². The van der Waals surface area contributed by atoms with Gasteiger partial charge in [-0.05, 0) is 13.8 Å². The van der Waals surface area contributed by atoms with Crippen molar-refractivity contribution in [2.75, 3.05) is 5.32 Å². The Hall–Kier alpha value is -2.44. The van der Waals surface area contributed by atoms with E-state index >= 15 is 0 Å². The number of carbonyl (C=O) groups excluding carboxylic acids is 1. The molecule has 0 bridgehead atoms. The molecule has 0 saturated heterocycles. The number of anilines is 1. The molecule has 7 heteroatoms. The summed E-state index contributed by atoms with van der Waals surface area (Å²) in [6.45, 7) is 3.63. The first-order valence-corrected chi connectivity index (χ1v) is 4.98. The summed E-state index contributed by atoms with van der Waals surface area (Å²) in [4.78, 5) is 18.9. The van der Waals surface area contributed by atoms with Gasteiger partial charge in [0.25, 0.3) is 0 Å². The number of nitrogens with zero attached hydrogens (tertiary/aromatic N) is 3. The van der Waals surface area contributed by atoms with Gasteiger partial charge in [0, 0.05) is 23.5 Å². The number of nitrogens with two attached hydrogens (primary N) is 1. The van der Waals surface area contributed by atoms with Gasteiger partial charge in [0.2, 0.25) is 0 Å². The number of rotatable bonds is 2. The first-order valence-electron chi connectivity index (χ1n) is 4.98. The highest BCUT2D eigenvalue weighted by molar-refractivity contribution is 5.88. The van der Waals surface area contributed by atoms with Crippen molar-refractivity contribution in [3.05, 3.63) is 23.8 Å². The fraction of sp³-hybridized carbons (Fsp3) is 0.200. The summed E-state index contributed by atoms with van der Waals surface area (Å²) < 4.78 is 0. The predicted molar refractivity (Wildman–Crippen MR) is 62.3 cm³/mol. The number of H-pyrrole nitrogens is 1. The minimum absolute atomic E-state index is 0.410. The van der Waals surface area contributed by atoms with Gasteiger partial charge < -0.3 is 5.73 Å². The van der Waals surface area contributed by atoms with Crippen LogP contribution in [0.5, 0.6) is 0 Å². The monoisotopic (exact) mass is 232 g/mol. The average Bonchev–Trinajstić information content (AvgIpc) is 2.61. The van der Waals surface area contributed by atoms with E-state index in [0.717, 1.165) is 16.8 Å². The summed E-state index contributed by atoms with van der Waals surface area (Å²) in [5, 5.41) is 9.21. The van der Waals surface area contributed by atoms with E-state index in [0.29, 0.717) is 11.6 Å². The molecule has 2 aromatic heterocycles. The zero-order valence-corrected chi connectivity index (χ0v) is 9.48.